The van der Waals surface area contributed by atoms with Gasteiger partial charge in [-0.05, 0) is 17.7 Å². The maximum Gasteiger partial charge on any atom is 0.253 e. The summed E-state index contributed by atoms with van der Waals surface area (Å²) in [6.45, 7) is 0.217. The average molecular weight is 359 g/mol. The Morgan fingerprint density at radius 1 is 1.00 bits per heavy atom. The van der Waals surface area contributed by atoms with E-state index >= 15 is 0 Å². The minimum Gasteiger partial charge on any atom is -0.349 e. The number of alkyl halides is 3. The minimum absolute atomic E-state index is 0.217. The summed E-state index contributed by atoms with van der Waals surface area (Å²) >= 11 is 17.7. The second-order valence-electron chi connectivity index (χ2n) is 4.56. The number of amides is 1. The van der Waals surface area contributed by atoms with E-state index in [9.17, 15) is 4.79 Å². The van der Waals surface area contributed by atoms with Crippen molar-refractivity contribution in [2.24, 2.45) is 0 Å². The molecule has 0 aromatic heterocycles. The number of carbonyl (C=O) groups excluding carboxylic acids is 1. The van der Waals surface area contributed by atoms with Crippen LogP contribution in [-0.4, -0.2) is 15.9 Å². The Morgan fingerprint density at radius 3 is 2.09 bits per heavy atom. The second kappa shape index (κ2) is 7.84. The number of ether oxygens (including phenoxy) is 1. The second-order valence-corrected chi connectivity index (χ2v) is 6.93. The Morgan fingerprint density at radius 2 is 1.55 bits per heavy atom. The predicted octanol–water partition coefficient (Wildman–Crippen LogP) is 4.33. The highest BCUT2D eigenvalue weighted by Crippen LogP contribution is 2.31. The topological polar surface area (TPSA) is 38.3 Å². The third-order valence-corrected chi connectivity index (χ3v) is 3.45. The van der Waals surface area contributed by atoms with Crippen molar-refractivity contribution in [2.45, 2.75) is 16.6 Å². The van der Waals surface area contributed by atoms with Gasteiger partial charge in [0, 0.05) is 5.56 Å². The zero-order valence-corrected chi connectivity index (χ0v) is 13.8. The van der Waals surface area contributed by atoms with Crippen molar-refractivity contribution in [3.8, 4) is 0 Å². The largest absolute Gasteiger partial charge is 0.349 e. The fraction of sp³-hybridized carbons (Fsp3) is 0.188. The van der Waals surface area contributed by atoms with Crippen molar-refractivity contribution in [1.29, 1.82) is 0 Å². The molecule has 0 bridgehead atoms. The van der Waals surface area contributed by atoms with Crippen LogP contribution in [0.2, 0.25) is 0 Å². The fourth-order valence-corrected chi connectivity index (χ4v) is 2.12. The molecule has 116 valence electrons. The van der Waals surface area contributed by atoms with Crippen molar-refractivity contribution >= 4 is 40.7 Å². The summed E-state index contributed by atoms with van der Waals surface area (Å²) in [5.74, 6) is -0.370. The number of rotatable bonds is 5. The lowest BCUT2D eigenvalue weighted by Gasteiger charge is -2.25. The lowest BCUT2D eigenvalue weighted by molar-refractivity contribution is 0.0199. The molecule has 1 atom stereocenters. The summed E-state index contributed by atoms with van der Waals surface area (Å²) in [4.78, 5) is 12.1. The Kier molecular flexibility index (Phi) is 6.09. The van der Waals surface area contributed by atoms with Gasteiger partial charge >= 0.3 is 0 Å². The van der Waals surface area contributed by atoms with Gasteiger partial charge in [0.05, 0.1) is 6.61 Å². The molecule has 0 fully saturated rings. The van der Waals surface area contributed by atoms with Crippen LogP contribution >= 0.6 is 34.8 Å². The predicted molar refractivity (Wildman–Crippen MR) is 89.2 cm³/mol. The first-order valence-electron chi connectivity index (χ1n) is 6.55. The molecule has 1 amide bonds. The lowest BCUT2D eigenvalue weighted by Crippen LogP contribution is -2.45. The number of hydrogen-bond donors (Lipinski definition) is 1. The number of nitrogens with one attached hydrogen (secondary N) is 1. The van der Waals surface area contributed by atoms with Gasteiger partial charge in [0.2, 0.25) is 3.79 Å². The molecule has 0 aliphatic carbocycles. The molecule has 6 heteroatoms. The molecule has 3 nitrogen and oxygen atoms in total. The number of benzene rings is 2. The van der Waals surface area contributed by atoms with E-state index in [2.05, 4.69) is 5.32 Å². The SMILES string of the molecule is O=C(NC(OCc1ccccc1)C(Cl)(Cl)Cl)c1ccccc1. The van der Waals surface area contributed by atoms with Crippen LogP contribution in [0.1, 0.15) is 15.9 Å². The summed E-state index contributed by atoms with van der Waals surface area (Å²) in [5, 5.41) is 2.59. The highest BCUT2D eigenvalue weighted by Gasteiger charge is 2.35. The van der Waals surface area contributed by atoms with Crippen LogP contribution in [0, 0.1) is 0 Å². The smallest absolute Gasteiger partial charge is 0.253 e. The quantitative estimate of drug-likeness (QED) is 0.638. The number of carbonyl (C=O) groups is 1. The first-order chi connectivity index (χ1) is 10.5. The van der Waals surface area contributed by atoms with Gasteiger partial charge in [0.15, 0.2) is 6.23 Å². The number of hydrogen-bond acceptors (Lipinski definition) is 2. The molecule has 0 aliphatic heterocycles. The molecular weight excluding hydrogens is 345 g/mol. The van der Waals surface area contributed by atoms with Crippen LogP contribution in [0.5, 0.6) is 0 Å². The molecular formula is C16H14Cl3NO2. The normalized spacial score (nSPS) is 12.7. The Hall–Kier alpha value is -1.26. The molecule has 2 aromatic rings. The van der Waals surface area contributed by atoms with E-state index in [1.54, 1.807) is 24.3 Å². The van der Waals surface area contributed by atoms with Crippen molar-refractivity contribution in [2.75, 3.05) is 0 Å². The van der Waals surface area contributed by atoms with Gasteiger partial charge in [0.25, 0.3) is 5.91 Å². The summed E-state index contributed by atoms with van der Waals surface area (Å²) < 4.78 is 3.78. The van der Waals surface area contributed by atoms with Crippen molar-refractivity contribution in [1.82, 2.24) is 5.32 Å². The average Bonchev–Trinajstić information content (AvgIpc) is 2.52. The van der Waals surface area contributed by atoms with E-state index in [0.29, 0.717) is 5.56 Å². The Balaban J connectivity index is 2.02. The van der Waals surface area contributed by atoms with Gasteiger partial charge in [-0.3, -0.25) is 4.79 Å². The van der Waals surface area contributed by atoms with Gasteiger partial charge in [-0.2, -0.15) is 0 Å². The summed E-state index contributed by atoms with van der Waals surface area (Å²) in [7, 11) is 0. The van der Waals surface area contributed by atoms with Gasteiger partial charge in [-0.25, -0.2) is 0 Å². The van der Waals surface area contributed by atoms with Crippen LogP contribution < -0.4 is 5.32 Å². The van der Waals surface area contributed by atoms with E-state index in [1.807, 2.05) is 36.4 Å². The highest BCUT2D eigenvalue weighted by molar-refractivity contribution is 6.68. The number of halogens is 3. The highest BCUT2D eigenvalue weighted by atomic mass is 35.6. The van der Waals surface area contributed by atoms with E-state index < -0.39 is 10.0 Å². The van der Waals surface area contributed by atoms with Crippen LogP contribution in [0.3, 0.4) is 0 Å². The van der Waals surface area contributed by atoms with Crippen LogP contribution in [0.25, 0.3) is 0 Å². The molecule has 0 saturated heterocycles. The molecule has 0 saturated carbocycles. The van der Waals surface area contributed by atoms with Gasteiger partial charge in [0.1, 0.15) is 0 Å². The third-order valence-electron chi connectivity index (χ3n) is 2.85. The Labute approximate surface area is 144 Å². The molecule has 0 spiro atoms. The third kappa shape index (κ3) is 5.18. The summed E-state index contributed by atoms with van der Waals surface area (Å²) in [5.41, 5.74) is 1.38. The van der Waals surface area contributed by atoms with Crippen molar-refractivity contribution < 1.29 is 9.53 Å². The molecule has 2 rings (SSSR count). The van der Waals surface area contributed by atoms with Crippen LogP contribution in [-0.2, 0) is 11.3 Å². The molecule has 1 unspecified atom stereocenters. The molecule has 22 heavy (non-hydrogen) atoms. The maximum absolute atomic E-state index is 12.1. The zero-order chi connectivity index (χ0) is 16.0. The molecule has 0 heterocycles. The van der Waals surface area contributed by atoms with Gasteiger partial charge in [-0.15, -0.1) is 0 Å². The standard InChI is InChI=1S/C16H14Cl3NO2/c17-16(18,19)15(22-11-12-7-3-1-4-8-12)20-14(21)13-9-5-2-6-10-13/h1-10,15H,11H2,(H,20,21). The fourth-order valence-electron chi connectivity index (χ4n) is 1.76. The first-order valence-corrected chi connectivity index (χ1v) is 7.68. The zero-order valence-electron chi connectivity index (χ0n) is 11.5. The summed E-state index contributed by atoms with van der Waals surface area (Å²) in [6.07, 6.45) is -1.06. The van der Waals surface area contributed by atoms with E-state index in [-0.39, 0.29) is 12.5 Å². The van der Waals surface area contributed by atoms with Crippen LogP contribution in [0.4, 0.5) is 0 Å². The minimum atomic E-state index is -1.78. The summed E-state index contributed by atoms with van der Waals surface area (Å²) in [6, 6.07) is 18.1. The first kappa shape index (κ1) is 17.1. The van der Waals surface area contributed by atoms with Gasteiger partial charge < -0.3 is 10.1 Å². The Bertz CT molecular complexity index is 600. The monoisotopic (exact) mass is 357 g/mol. The van der Waals surface area contributed by atoms with Gasteiger partial charge in [-0.1, -0.05) is 83.3 Å². The van der Waals surface area contributed by atoms with Crippen molar-refractivity contribution in [3.05, 3.63) is 71.8 Å². The van der Waals surface area contributed by atoms with E-state index in [0.717, 1.165) is 5.56 Å². The molecule has 2 aromatic carbocycles. The molecule has 0 radical (unpaired) electrons. The molecule has 1 N–H and O–H groups in total. The van der Waals surface area contributed by atoms with Crippen LogP contribution in [0.15, 0.2) is 60.7 Å². The lowest BCUT2D eigenvalue weighted by atomic mass is 10.2. The van der Waals surface area contributed by atoms with E-state index in [4.69, 9.17) is 39.5 Å². The maximum atomic E-state index is 12.1. The van der Waals surface area contributed by atoms with E-state index in [1.165, 1.54) is 0 Å². The molecule has 0 aliphatic rings. The van der Waals surface area contributed by atoms with Crippen molar-refractivity contribution in [3.63, 3.8) is 0 Å².